The van der Waals surface area contributed by atoms with Crippen molar-refractivity contribution in [3.05, 3.63) is 39.3 Å². The van der Waals surface area contributed by atoms with Gasteiger partial charge < -0.3 is 10.5 Å². The number of rotatable bonds is 3. The summed E-state index contributed by atoms with van der Waals surface area (Å²) in [6.07, 6.45) is 3.58. The molecule has 2 N–H and O–H groups in total. The zero-order valence-electron chi connectivity index (χ0n) is 10.4. The lowest BCUT2D eigenvalue weighted by molar-refractivity contribution is 0.305. The number of nitrogen functional groups attached to an aromatic ring is 1. The Bertz CT molecular complexity index is 556. The van der Waals surface area contributed by atoms with E-state index in [2.05, 4.69) is 4.98 Å². The molecule has 0 bridgehead atoms. The highest BCUT2D eigenvalue weighted by atomic mass is 32.1. The number of benzene rings is 1. The molecule has 1 heterocycles. The SMILES string of the molecule is Cc1cc(OCc2nc3c(s2)CCC3)ccc1N. The van der Waals surface area contributed by atoms with Gasteiger partial charge in [-0.05, 0) is 49.9 Å². The average Bonchev–Trinajstić information content (AvgIpc) is 2.91. The van der Waals surface area contributed by atoms with Gasteiger partial charge in [0.05, 0.1) is 5.69 Å². The summed E-state index contributed by atoms with van der Waals surface area (Å²) >= 11 is 1.79. The monoisotopic (exact) mass is 260 g/mol. The van der Waals surface area contributed by atoms with Gasteiger partial charge in [-0.3, -0.25) is 0 Å². The number of nitrogens with zero attached hydrogens (tertiary/aromatic N) is 1. The lowest BCUT2D eigenvalue weighted by Crippen LogP contribution is -1.97. The van der Waals surface area contributed by atoms with E-state index in [1.165, 1.54) is 23.4 Å². The van der Waals surface area contributed by atoms with Crippen LogP contribution in [0.4, 0.5) is 5.69 Å². The quantitative estimate of drug-likeness (QED) is 0.863. The molecule has 2 aromatic rings. The molecule has 0 unspecified atom stereocenters. The van der Waals surface area contributed by atoms with Crippen molar-refractivity contribution >= 4 is 17.0 Å². The summed E-state index contributed by atoms with van der Waals surface area (Å²) in [5, 5.41) is 1.08. The smallest absolute Gasteiger partial charge is 0.140 e. The zero-order valence-corrected chi connectivity index (χ0v) is 11.2. The second kappa shape index (κ2) is 4.61. The third-order valence-corrected chi connectivity index (χ3v) is 4.37. The Hall–Kier alpha value is -1.55. The fraction of sp³-hybridized carbons (Fsp3) is 0.357. The molecule has 18 heavy (non-hydrogen) atoms. The lowest BCUT2D eigenvalue weighted by Gasteiger charge is -2.06. The Kier molecular flexibility index (Phi) is 2.96. The van der Waals surface area contributed by atoms with Gasteiger partial charge >= 0.3 is 0 Å². The van der Waals surface area contributed by atoms with Crippen LogP contribution in [0.5, 0.6) is 5.75 Å². The first-order chi connectivity index (χ1) is 8.72. The molecule has 94 valence electrons. The number of hydrogen-bond acceptors (Lipinski definition) is 4. The summed E-state index contributed by atoms with van der Waals surface area (Å²) in [7, 11) is 0. The van der Waals surface area contributed by atoms with Gasteiger partial charge in [0.1, 0.15) is 17.4 Å². The van der Waals surface area contributed by atoms with E-state index in [1.807, 2.05) is 25.1 Å². The molecule has 1 aromatic heterocycles. The van der Waals surface area contributed by atoms with E-state index in [4.69, 9.17) is 10.5 Å². The molecule has 0 fully saturated rings. The number of hydrogen-bond donors (Lipinski definition) is 1. The summed E-state index contributed by atoms with van der Waals surface area (Å²) in [6, 6.07) is 5.76. The first kappa shape index (κ1) is 11.5. The normalized spacial score (nSPS) is 13.6. The number of aromatic nitrogens is 1. The van der Waals surface area contributed by atoms with E-state index in [9.17, 15) is 0 Å². The first-order valence-electron chi connectivity index (χ1n) is 6.19. The fourth-order valence-corrected chi connectivity index (χ4v) is 3.26. The molecule has 4 heteroatoms. The van der Waals surface area contributed by atoms with E-state index in [0.29, 0.717) is 6.61 Å². The van der Waals surface area contributed by atoms with Crippen LogP contribution in [0.15, 0.2) is 18.2 Å². The summed E-state index contributed by atoms with van der Waals surface area (Å²) in [6.45, 7) is 2.54. The number of aryl methyl sites for hydroxylation is 3. The molecule has 1 aliphatic rings. The van der Waals surface area contributed by atoms with Crippen LogP contribution in [0.2, 0.25) is 0 Å². The van der Waals surface area contributed by atoms with Crippen LogP contribution in [0.25, 0.3) is 0 Å². The zero-order chi connectivity index (χ0) is 12.5. The van der Waals surface area contributed by atoms with Crippen LogP contribution in [0.1, 0.15) is 27.6 Å². The summed E-state index contributed by atoms with van der Waals surface area (Å²) < 4.78 is 5.76. The van der Waals surface area contributed by atoms with Crippen LogP contribution in [-0.2, 0) is 19.4 Å². The average molecular weight is 260 g/mol. The van der Waals surface area contributed by atoms with Gasteiger partial charge in [0, 0.05) is 10.6 Å². The van der Waals surface area contributed by atoms with Crippen molar-refractivity contribution in [2.24, 2.45) is 0 Å². The highest BCUT2D eigenvalue weighted by Crippen LogP contribution is 2.28. The highest BCUT2D eigenvalue weighted by Gasteiger charge is 2.16. The minimum Gasteiger partial charge on any atom is -0.486 e. The first-order valence-corrected chi connectivity index (χ1v) is 7.00. The van der Waals surface area contributed by atoms with Crippen LogP contribution in [-0.4, -0.2) is 4.98 Å². The molecule has 1 aromatic carbocycles. The van der Waals surface area contributed by atoms with Crippen molar-refractivity contribution in [1.29, 1.82) is 0 Å². The van der Waals surface area contributed by atoms with Crippen molar-refractivity contribution in [1.82, 2.24) is 4.98 Å². The molecular formula is C14H16N2OS. The molecule has 0 atom stereocenters. The highest BCUT2D eigenvalue weighted by molar-refractivity contribution is 7.11. The standard InChI is InChI=1S/C14H16N2OS/c1-9-7-10(5-6-11(9)15)17-8-14-16-12-3-2-4-13(12)18-14/h5-7H,2-4,8,15H2,1H3. The molecule has 0 saturated carbocycles. The van der Waals surface area contributed by atoms with Gasteiger partial charge in [0.15, 0.2) is 0 Å². The maximum atomic E-state index is 5.78. The van der Waals surface area contributed by atoms with Crippen molar-refractivity contribution in [3.63, 3.8) is 0 Å². The third-order valence-electron chi connectivity index (χ3n) is 3.24. The molecule has 0 aliphatic heterocycles. The number of anilines is 1. The number of ether oxygens (including phenoxy) is 1. The van der Waals surface area contributed by atoms with Crippen LogP contribution >= 0.6 is 11.3 Å². The minimum absolute atomic E-state index is 0.557. The van der Waals surface area contributed by atoms with Crippen molar-refractivity contribution < 1.29 is 4.74 Å². The fourth-order valence-electron chi connectivity index (χ4n) is 2.19. The molecule has 3 rings (SSSR count). The molecule has 0 amide bonds. The molecule has 1 aliphatic carbocycles. The predicted molar refractivity (Wildman–Crippen MR) is 74.1 cm³/mol. The van der Waals surface area contributed by atoms with E-state index >= 15 is 0 Å². The van der Waals surface area contributed by atoms with Gasteiger partial charge in [-0.15, -0.1) is 11.3 Å². The Morgan fingerprint density at radius 3 is 3.06 bits per heavy atom. The number of thiazole rings is 1. The second-order valence-electron chi connectivity index (χ2n) is 4.64. The van der Waals surface area contributed by atoms with E-state index in [-0.39, 0.29) is 0 Å². The predicted octanol–water partition coefficient (Wildman–Crippen LogP) is 3.10. The molecular weight excluding hydrogens is 244 g/mol. The summed E-state index contributed by atoms with van der Waals surface area (Å²) in [5.41, 5.74) is 8.91. The molecule has 3 nitrogen and oxygen atoms in total. The Balaban J connectivity index is 1.68. The van der Waals surface area contributed by atoms with Crippen LogP contribution in [0.3, 0.4) is 0 Å². The minimum atomic E-state index is 0.557. The van der Waals surface area contributed by atoms with E-state index < -0.39 is 0 Å². The van der Waals surface area contributed by atoms with Crippen molar-refractivity contribution in [2.75, 3.05) is 5.73 Å². The van der Waals surface area contributed by atoms with Crippen LogP contribution < -0.4 is 10.5 Å². The van der Waals surface area contributed by atoms with Gasteiger partial charge in [0.25, 0.3) is 0 Å². The Morgan fingerprint density at radius 1 is 1.39 bits per heavy atom. The lowest BCUT2D eigenvalue weighted by atomic mass is 10.2. The van der Waals surface area contributed by atoms with Crippen molar-refractivity contribution in [3.8, 4) is 5.75 Å². The third kappa shape index (κ3) is 2.20. The second-order valence-corrected chi connectivity index (χ2v) is 5.81. The Labute approximate surface area is 111 Å². The maximum Gasteiger partial charge on any atom is 0.140 e. The Morgan fingerprint density at radius 2 is 2.28 bits per heavy atom. The van der Waals surface area contributed by atoms with Gasteiger partial charge in [-0.1, -0.05) is 0 Å². The maximum absolute atomic E-state index is 5.78. The van der Waals surface area contributed by atoms with Crippen molar-refractivity contribution in [2.45, 2.75) is 32.8 Å². The van der Waals surface area contributed by atoms with Gasteiger partial charge in [-0.25, -0.2) is 4.98 Å². The number of fused-ring (bicyclic) bond motifs is 1. The molecule has 0 saturated heterocycles. The largest absolute Gasteiger partial charge is 0.486 e. The van der Waals surface area contributed by atoms with E-state index in [0.717, 1.165) is 28.4 Å². The topological polar surface area (TPSA) is 48.1 Å². The number of nitrogens with two attached hydrogens (primary N) is 1. The van der Waals surface area contributed by atoms with Crippen LogP contribution in [0, 0.1) is 6.92 Å². The summed E-state index contributed by atoms with van der Waals surface area (Å²) in [5.74, 6) is 0.858. The summed E-state index contributed by atoms with van der Waals surface area (Å²) in [4.78, 5) is 6.06. The molecule has 0 radical (unpaired) electrons. The van der Waals surface area contributed by atoms with Gasteiger partial charge in [-0.2, -0.15) is 0 Å². The van der Waals surface area contributed by atoms with E-state index in [1.54, 1.807) is 11.3 Å². The molecule has 0 spiro atoms. The van der Waals surface area contributed by atoms with Gasteiger partial charge in [0.2, 0.25) is 0 Å².